The van der Waals surface area contributed by atoms with Gasteiger partial charge < -0.3 is 15.2 Å². The van der Waals surface area contributed by atoms with Crippen LogP contribution in [0.2, 0.25) is 5.02 Å². The largest absolute Gasteiger partial charge is 0.495 e. The van der Waals surface area contributed by atoms with Gasteiger partial charge in [-0.2, -0.15) is 0 Å². The number of halogens is 1. The topological polar surface area (TPSA) is 41.5 Å². The lowest BCUT2D eigenvalue weighted by molar-refractivity contribution is 0.0167. The molecule has 2 rings (SSSR count). The van der Waals surface area contributed by atoms with E-state index >= 15 is 0 Å². The molecule has 18 heavy (non-hydrogen) atoms. The van der Waals surface area contributed by atoms with Gasteiger partial charge in [-0.05, 0) is 31.0 Å². The minimum Gasteiger partial charge on any atom is -0.495 e. The predicted octanol–water partition coefficient (Wildman–Crippen LogP) is 3.46. The molecule has 0 saturated heterocycles. The molecule has 0 spiro atoms. The van der Waals surface area contributed by atoms with Gasteiger partial charge in [-0.1, -0.05) is 30.9 Å². The third kappa shape index (κ3) is 3.30. The van der Waals surface area contributed by atoms with Crippen LogP contribution in [0.15, 0.2) is 18.2 Å². The third-order valence-electron chi connectivity index (χ3n) is 3.55. The molecular formula is C14H20ClNO2. The Kier molecular flexibility index (Phi) is 4.36. The SMILES string of the molecule is COc1ccc(Cl)cc1NCC1(O)CCCCC1. The van der Waals surface area contributed by atoms with Crippen molar-refractivity contribution in [2.45, 2.75) is 37.7 Å². The Morgan fingerprint density at radius 1 is 1.33 bits per heavy atom. The summed E-state index contributed by atoms with van der Waals surface area (Å²) in [4.78, 5) is 0. The van der Waals surface area contributed by atoms with Gasteiger partial charge >= 0.3 is 0 Å². The molecule has 1 saturated carbocycles. The van der Waals surface area contributed by atoms with Crippen LogP contribution in [0.1, 0.15) is 32.1 Å². The van der Waals surface area contributed by atoms with E-state index in [0.717, 1.165) is 37.1 Å². The Hall–Kier alpha value is -0.930. The lowest BCUT2D eigenvalue weighted by atomic mass is 9.85. The van der Waals surface area contributed by atoms with Crippen LogP contribution in [0.25, 0.3) is 0 Å². The number of benzene rings is 1. The zero-order valence-electron chi connectivity index (χ0n) is 10.7. The number of hydrogen-bond donors (Lipinski definition) is 2. The van der Waals surface area contributed by atoms with Crippen molar-refractivity contribution >= 4 is 17.3 Å². The van der Waals surface area contributed by atoms with Gasteiger partial charge in [0.15, 0.2) is 0 Å². The van der Waals surface area contributed by atoms with Crippen molar-refractivity contribution in [2.75, 3.05) is 19.0 Å². The smallest absolute Gasteiger partial charge is 0.142 e. The summed E-state index contributed by atoms with van der Waals surface area (Å²) < 4.78 is 5.27. The van der Waals surface area contributed by atoms with Crippen LogP contribution in [0.5, 0.6) is 5.75 Å². The maximum absolute atomic E-state index is 10.4. The third-order valence-corrected chi connectivity index (χ3v) is 3.79. The summed E-state index contributed by atoms with van der Waals surface area (Å²) in [5.41, 5.74) is 0.245. The fourth-order valence-corrected chi connectivity index (χ4v) is 2.64. The van der Waals surface area contributed by atoms with Crippen molar-refractivity contribution in [3.05, 3.63) is 23.2 Å². The maximum atomic E-state index is 10.4. The second-order valence-electron chi connectivity index (χ2n) is 4.98. The van der Waals surface area contributed by atoms with E-state index in [1.165, 1.54) is 6.42 Å². The molecule has 1 aliphatic carbocycles. The van der Waals surface area contributed by atoms with Crippen molar-refractivity contribution in [1.82, 2.24) is 0 Å². The molecule has 1 aromatic carbocycles. The number of nitrogens with one attached hydrogen (secondary N) is 1. The van der Waals surface area contributed by atoms with Gasteiger partial charge in [-0.25, -0.2) is 0 Å². The molecule has 0 aromatic heterocycles. The zero-order chi connectivity index (χ0) is 13.0. The van der Waals surface area contributed by atoms with Crippen LogP contribution in [0.3, 0.4) is 0 Å². The first-order valence-corrected chi connectivity index (χ1v) is 6.81. The van der Waals surface area contributed by atoms with E-state index in [-0.39, 0.29) is 0 Å². The van der Waals surface area contributed by atoms with Crippen LogP contribution in [-0.2, 0) is 0 Å². The van der Waals surface area contributed by atoms with E-state index in [0.29, 0.717) is 11.6 Å². The zero-order valence-corrected chi connectivity index (χ0v) is 11.5. The number of methoxy groups -OCH3 is 1. The summed E-state index contributed by atoms with van der Waals surface area (Å²) in [5, 5.41) is 14.3. The molecule has 4 heteroatoms. The number of aliphatic hydroxyl groups is 1. The molecule has 2 N–H and O–H groups in total. The summed E-state index contributed by atoms with van der Waals surface area (Å²) in [6, 6.07) is 5.45. The molecule has 0 amide bonds. The van der Waals surface area contributed by atoms with Gasteiger partial charge in [0.2, 0.25) is 0 Å². The fraction of sp³-hybridized carbons (Fsp3) is 0.571. The van der Waals surface area contributed by atoms with Gasteiger partial charge in [0.25, 0.3) is 0 Å². The van der Waals surface area contributed by atoms with Crippen molar-refractivity contribution in [2.24, 2.45) is 0 Å². The van der Waals surface area contributed by atoms with Crippen LogP contribution in [-0.4, -0.2) is 24.4 Å². The minimum atomic E-state index is -0.592. The van der Waals surface area contributed by atoms with Crippen molar-refractivity contribution in [1.29, 1.82) is 0 Å². The molecule has 0 unspecified atom stereocenters. The molecule has 0 heterocycles. The van der Waals surface area contributed by atoms with E-state index in [1.54, 1.807) is 13.2 Å². The average molecular weight is 270 g/mol. The molecule has 100 valence electrons. The lowest BCUT2D eigenvalue weighted by Gasteiger charge is -2.32. The number of ether oxygens (including phenoxy) is 1. The quantitative estimate of drug-likeness (QED) is 0.880. The van der Waals surface area contributed by atoms with E-state index in [4.69, 9.17) is 16.3 Å². The Labute approximate surface area is 113 Å². The molecule has 3 nitrogen and oxygen atoms in total. The van der Waals surface area contributed by atoms with Crippen molar-refractivity contribution in [3.8, 4) is 5.75 Å². The molecule has 1 aromatic rings. The number of hydrogen-bond acceptors (Lipinski definition) is 3. The van der Waals surface area contributed by atoms with Gasteiger partial charge in [-0.3, -0.25) is 0 Å². The molecule has 0 radical (unpaired) electrons. The Bertz CT molecular complexity index is 403. The van der Waals surface area contributed by atoms with Gasteiger partial charge in [0, 0.05) is 11.6 Å². The maximum Gasteiger partial charge on any atom is 0.142 e. The fourth-order valence-electron chi connectivity index (χ4n) is 2.46. The van der Waals surface area contributed by atoms with Gasteiger partial charge in [0.05, 0.1) is 18.4 Å². The summed E-state index contributed by atoms with van der Waals surface area (Å²) in [6.45, 7) is 0.545. The van der Waals surface area contributed by atoms with E-state index in [2.05, 4.69) is 5.32 Å². The second-order valence-corrected chi connectivity index (χ2v) is 5.42. The van der Waals surface area contributed by atoms with Gasteiger partial charge in [-0.15, -0.1) is 0 Å². The summed E-state index contributed by atoms with van der Waals surface area (Å²) in [6.07, 6.45) is 5.16. The van der Waals surface area contributed by atoms with Gasteiger partial charge in [0.1, 0.15) is 5.75 Å². The molecule has 0 atom stereocenters. The monoisotopic (exact) mass is 269 g/mol. The molecule has 0 aliphatic heterocycles. The molecule has 1 fully saturated rings. The predicted molar refractivity (Wildman–Crippen MR) is 74.5 cm³/mol. The summed E-state index contributed by atoms with van der Waals surface area (Å²) >= 11 is 5.97. The summed E-state index contributed by atoms with van der Waals surface area (Å²) in [5.74, 6) is 0.749. The van der Waals surface area contributed by atoms with E-state index in [9.17, 15) is 5.11 Å². The van der Waals surface area contributed by atoms with Crippen molar-refractivity contribution < 1.29 is 9.84 Å². The highest BCUT2D eigenvalue weighted by Crippen LogP contribution is 2.31. The van der Waals surface area contributed by atoms with Crippen LogP contribution >= 0.6 is 11.6 Å². The highest BCUT2D eigenvalue weighted by Gasteiger charge is 2.28. The minimum absolute atomic E-state index is 0.545. The Morgan fingerprint density at radius 3 is 2.72 bits per heavy atom. The number of anilines is 1. The number of rotatable bonds is 4. The van der Waals surface area contributed by atoms with Crippen LogP contribution in [0.4, 0.5) is 5.69 Å². The highest BCUT2D eigenvalue weighted by atomic mass is 35.5. The first-order chi connectivity index (χ1) is 8.63. The van der Waals surface area contributed by atoms with Crippen molar-refractivity contribution in [3.63, 3.8) is 0 Å². The van der Waals surface area contributed by atoms with Crippen LogP contribution in [0, 0.1) is 0 Å². The van der Waals surface area contributed by atoms with E-state index in [1.807, 2.05) is 12.1 Å². The Morgan fingerprint density at radius 2 is 2.06 bits per heavy atom. The molecule has 1 aliphatic rings. The lowest BCUT2D eigenvalue weighted by Crippen LogP contribution is -2.38. The molecule has 0 bridgehead atoms. The standard InChI is InChI=1S/C14H20ClNO2/c1-18-13-6-5-11(15)9-12(13)16-10-14(17)7-3-2-4-8-14/h5-6,9,16-17H,2-4,7-8,10H2,1H3. The first kappa shape index (κ1) is 13.5. The normalized spacial score (nSPS) is 18.4. The molecular weight excluding hydrogens is 250 g/mol. The van der Waals surface area contributed by atoms with Crippen LogP contribution < -0.4 is 10.1 Å². The highest BCUT2D eigenvalue weighted by molar-refractivity contribution is 6.30. The average Bonchev–Trinajstić information content (AvgIpc) is 2.38. The second kappa shape index (κ2) is 5.81. The van der Waals surface area contributed by atoms with E-state index < -0.39 is 5.60 Å². The Balaban J connectivity index is 2.02. The summed E-state index contributed by atoms with van der Waals surface area (Å²) in [7, 11) is 1.63. The first-order valence-electron chi connectivity index (χ1n) is 6.43.